The van der Waals surface area contributed by atoms with Crippen LogP contribution in [0.25, 0.3) is 0 Å². The van der Waals surface area contributed by atoms with Crippen molar-refractivity contribution in [3.8, 4) is 0 Å². The molecule has 170 valence electrons. The summed E-state index contributed by atoms with van der Waals surface area (Å²) < 4.78 is 13.7. The number of aryl methyl sites for hydroxylation is 2. The molecule has 1 fully saturated rings. The molecule has 2 aromatic carbocycles. The van der Waals surface area contributed by atoms with Crippen molar-refractivity contribution < 1.29 is 14.0 Å². The summed E-state index contributed by atoms with van der Waals surface area (Å²) in [4.78, 5) is 29.5. The molecule has 0 spiro atoms. The van der Waals surface area contributed by atoms with Gasteiger partial charge in [0.1, 0.15) is 5.82 Å². The molecule has 0 aliphatic carbocycles. The minimum Gasteiger partial charge on any atom is -0.374 e. The van der Waals surface area contributed by atoms with Gasteiger partial charge < -0.3 is 15.5 Å². The van der Waals surface area contributed by atoms with Crippen LogP contribution in [-0.2, 0) is 16.0 Å². The monoisotopic (exact) mass is 438 g/mol. The van der Waals surface area contributed by atoms with E-state index in [1.165, 1.54) is 22.9 Å². The Balaban J connectivity index is 1.44. The summed E-state index contributed by atoms with van der Waals surface area (Å²) in [5, 5.41) is 5.27. The van der Waals surface area contributed by atoms with Gasteiger partial charge in [-0.05, 0) is 80.6 Å². The predicted molar refractivity (Wildman–Crippen MR) is 124 cm³/mol. The molecule has 1 saturated heterocycles. The molecule has 0 saturated carbocycles. The van der Waals surface area contributed by atoms with Gasteiger partial charge >= 0.3 is 11.8 Å². The first kappa shape index (κ1) is 22.3. The average molecular weight is 439 g/mol. The van der Waals surface area contributed by atoms with Crippen LogP contribution in [0.5, 0.6) is 0 Å². The van der Waals surface area contributed by atoms with E-state index in [4.69, 9.17) is 0 Å². The second kappa shape index (κ2) is 9.69. The normalized spacial score (nSPS) is 17.0. The van der Waals surface area contributed by atoms with Crippen LogP contribution in [0.1, 0.15) is 42.0 Å². The number of halogens is 1. The fourth-order valence-electron chi connectivity index (χ4n) is 4.65. The Bertz CT molecular complexity index is 1000. The van der Waals surface area contributed by atoms with Crippen LogP contribution in [0.15, 0.2) is 36.4 Å². The Hall–Kier alpha value is -2.93. The second-order valence-electron chi connectivity index (χ2n) is 8.80. The summed E-state index contributed by atoms with van der Waals surface area (Å²) >= 11 is 0. The molecule has 2 aliphatic rings. The number of carbonyl (C=O) groups is 2. The summed E-state index contributed by atoms with van der Waals surface area (Å²) in [7, 11) is 2.12. The van der Waals surface area contributed by atoms with Crippen molar-refractivity contribution in [3.63, 3.8) is 0 Å². The maximum absolute atomic E-state index is 13.7. The lowest BCUT2D eigenvalue weighted by Gasteiger charge is -2.31. The van der Waals surface area contributed by atoms with Crippen LogP contribution in [-0.4, -0.2) is 49.9 Å². The van der Waals surface area contributed by atoms with Gasteiger partial charge in [-0.25, -0.2) is 4.39 Å². The topological polar surface area (TPSA) is 64.7 Å². The standard InChI is InChI=1S/C25H31FN4O2/c1-17-7-9-20(15-21(17)26)28-25(32)24(31)27-16-23(30-12-3-4-13-30)19-8-10-22-18(14-19)6-5-11-29(22)2/h7-10,14-15,23H,3-6,11-13,16H2,1-2H3,(H,27,31)(H,28,32)/t23-/m0/s1. The minimum atomic E-state index is -0.791. The minimum absolute atomic E-state index is 0.0172. The molecule has 7 heteroatoms. The molecule has 32 heavy (non-hydrogen) atoms. The maximum Gasteiger partial charge on any atom is 0.313 e. The molecule has 0 unspecified atom stereocenters. The lowest BCUT2D eigenvalue weighted by molar-refractivity contribution is -0.136. The van der Waals surface area contributed by atoms with E-state index in [9.17, 15) is 14.0 Å². The number of fused-ring (bicyclic) bond motifs is 1. The number of benzene rings is 2. The SMILES string of the molecule is Cc1ccc(NC(=O)C(=O)NC[C@@H](c2ccc3c(c2)CCCN3C)N2CCCC2)cc1F. The lowest BCUT2D eigenvalue weighted by Crippen LogP contribution is -2.41. The van der Waals surface area contributed by atoms with Crippen LogP contribution in [0.4, 0.5) is 15.8 Å². The Morgan fingerprint density at radius 1 is 1.03 bits per heavy atom. The largest absolute Gasteiger partial charge is 0.374 e. The Morgan fingerprint density at radius 2 is 1.81 bits per heavy atom. The zero-order chi connectivity index (χ0) is 22.7. The van der Waals surface area contributed by atoms with Gasteiger partial charge in [-0.2, -0.15) is 0 Å². The molecule has 2 N–H and O–H groups in total. The molecule has 2 heterocycles. The Kier molecular flexibility index (Phi) is 6.74. The quantitative estimate of drug-likeness (QED) is 0.703. The molecule has 4 rings (SSSR count). The summed E-state index contributed by atoms with van der Waals surface area (Å²) in [5.74, 6) is -1.93. The molecule has 0 radical (unpaired) electrons. The number of amides is 2. The molecule has 0 aromatic heterocycles. The highest BCUT2D eigenvalue weighted by molar-refractivity contribution is 6.39. The van der Waals surface area contributed by atoms with Crippen molar-refractivity contribution in [2.75, 3.05) is 43.4 Å². The molecule has 0 bridgehead atoms. The van der Waals surface area contributed by atoms with Gasteiger partial charge in [0, 0.05) is 31.5 Å². The summed E-state index contributed by atoms with van der Waals surface area (Å²) in [6.45, 7) is 5.02. The van der Waals surface area contributed by atoms with Crippen molar-refractivity contribution in [1.82, 2.24) is 10.2 Å². The number of likely N-dealkylation sites (tertiary alicyclic amines) is 1. The van der Waals surface area contributed by atoms with E-state index >= 15 is 0 Å². The maximum atomic E-state index is 13.7. The predicted octanol–water partition coefficient (Wildman–Crippen LogP) is 3.41. The van der Waals surface area contributed by atoms with Crippen LogP contribution in [0.3, 0.4) is 0 Å². The van der Waals surface area contributed by atoms with E-state index in [0.717, 1.165) is 45.3 Å². The van der Waals surface area contributed by atoms with Crippen LogP contribution in [0, 0.1) is 12.7 Å². The number of hydrogen-bond donors (Lipinski definition) is 2. The first-order valence-electron chi connectivity index (χ1n) is 11.4. The second-order valence-corrected chi connectivity index (χ2v) is 8.80. The van der Waals surface area contributed by atoms with E-state index in [0.29, 0.717) is 12.1 Å². The van der Waals surface area contributed by atoms with Crippen LogP contribution in [0.2, 0.25) is 0 Å². The average Bonchev–Trinajstić information content (AvgIpc) is 3.31. The number of nitrogens with one attached hydrogen (secondary N) is 2. The van der Waals surface area contributed by atoms with Crippen molar-refractivity contribution >= 4 is 23.2 Å². The van der Waals surface area contributed by atoms with Crippen LogP contribution < -0.4 is 15.5 Å². The van der Waals surface area contributed by atoms with E-state index in [2.05, 4.69) is 45.7 Å². The van der Waals surface area contributed by atoms with E-state index in [1.54, 1.807) is 19.1 Å². The molecular weight excluding hydrogens is 407 g/mol. The first-order valence-corrected chi connectivity index (χ1v) is 11.4. The molecule has 2 aromatic rings. The van der Waals surface area contributed by atoms with Gasteiger partial charge in [-0.3, -0.25) is 14.5 Å². The fourth-order valence-corrected chi connectivity index (χ4v) is 4.65. The third-order valence-corrected chi connectivity index (χ3v) is 6.51. The number of hydrogen-bond acceptors (Lipinski definition) is 4. The van der Waals surface area contributed by atoms with Gasteiger partial charge in [0.25, 0.3) is 0 Å². The van der Waals surface area contributed by atoms with Crippen molar-refractivity contribution in [2.24, 2.45) is 0 Å². The number of nitrogens with zero attached hydrogens (tertiary/aromatic N) is 2. The zero-order valence-electron chi connectivity index (χ0n) is 18.8. The van der Waals surface area contributed by atoms with Crippen LogP contribution >= 0.6 is 0 Å². The van der Waals surface area contributed by atoms with Crippen molar-refractivity contribution in [2.45, 2.75) is 38.6 Å². The van der Waals surface area contributed by atoms with E-state index < -0.39 is 17.6 Å². The molecular formula is C25H31FN4O2. The summed E-state index contributed by atoms with van der Waals surface area (Å²) in [6.07, 6.45) is 4.47. The van der Waals surface area contributed by atoms with Gasteiger partial charge in [0.05, 0.1) is 6.04 Å². The molecule has 1 atom stereocenters. The van der Waals surface area contributed by atoms with E-state index in [1.807, 2.05) is 0 Å². The fraction of sp³-hybridized carbons (Fsp3) is 0.440. The molecule has 2 amide bonds. The highest BCUT2D eigenvalue weighted by Gasteiger charge is 2.26. The first-order chi connectivity index (χ1) is 15.4. The lowest BCUT2D eigenvalue weighted by atomic mass is 9.96. The number of anilines is 2. The number of carbonyl (C=O) groups excluding carboxylic acids is 2. The third kappa shape index (κ3) is 4.93. The van der Waals surface area contributed by atoms with Gasteiger partial charge in [0.15, 0.2) is 0 Å². The smallest absolute Gasteiger partial charge is 0.313 e. The van der Waals surface area contributed by atoms with Gasteiger partial charge in [-0.1, -0.05) is 18.2 Å². The Labute approximate surface area is 188 Å². The third-order valence-electron chi connectivity index (χ3n) is 6.51. The summed E-state index contributed by atoms with van der Waals surface area (Å²) in [5.41, 5.74) is 4.53. The van der Waals surface area contributed by atoms with E-state index in [-0.39, 0.29) is 11.7 Å². The van der Waals surface area contributed by atoms with Gasteiger partial charge in [-0.15, -0.1) is 0 Å². The summed E-state index contributed by atoms with van der Waals surface area (Å²) in [6, 6.07) is 11.0. The Morgan fingerprint density at radius 3 is 2.56 bits per heavy atom. The molecule has 6 nitrogen and oxygen atoms in total. The zero-order valence-corrected chi connectivity index (χ0v) is 18.8. The highest BCUT2D eigenvalue weighted by Crippen LogP contribution is 2.31. The van der Waals surface area contributed by atoms with Crippen molar-refractivity contribution in [1.29, 1.82) is 0 Å². The molecule has 2 aliphatic heterocycles. The highest BCUT2D eigenvalue weighted by atomic mass is 19.1. The number of rotatable bonds is 5. The van der Waals surface area contributed by atoms with Gasteiger partial charge in [0.2, 0.25) is 0 Å². The van der Waals surface area contributed by atoms with Crippen molar-refractivity contribution in [3.05, 3.63) is 58.9 Å².